The van der Waals surface area contributed by atoms with Gasteiger partial charge in [0.1, 0.15) is 5.78 Å². The van der Waals surface area contributed by atoms with E-state index in [2.05, 4.69) is 0 Å². The zero-order valence-electron chi connectivity index (χ0n) is 7.88. The zero-order valence-corrected chi connectivity index (χ0v) is 7.88. The van der Waals surface area contributed by atoms with E-state index in [-0.39, 0.29) is 12.0 Å². The molecule has 2 heteroatoms. The Kier molecular flexibility index (Phi) is 3.73. The second-order valence-corrected chi connectivity index (χ2v) is 3.77. The monoisotopic (exact) mass is 169 g/mol. The normalized spacial score (nSPS) is 30.2. The fourth-order valence-electron chi connectivity index (χ4n) is 1.99. The van der Waals surface area contributed by atoms with Crippen molar-refractivity contribution in [1.82, 2.24) is 0 Å². The number of hydrogen-bond acceptors (Lipinski definition) is 2. The van der Waals surface area contributed by atoms with Crippen LogP contribution in [0.1, 0.15) is 45.4 Å². The van der Waals surface area contributed by atoms with Crippen LogP contribution in [0.15, 0.2) is 0 Å². The van der Waals surface area contributed by atoms with Gasteiger partial charge in [0.15, 0.2) is 0 Å². The summed E-state index contributed by atoms with van der Waals surface area (Å²) in [5.41, 5.74) is 5.89. The quantitative estimate of drug-likeness (QED) is 0.701. The Bertz CT molecular complexity index is 156. The van der Waals surface area contributed by atoms with Crippen molar-refractivity contribution in [3.63, 3.8) is 0 Å². The van der Waals surface area contributed by atoms with Crippen LogP contribution in [0.5, 0.6) is 0 Å². The van der Waals surface area contributed by atoms with Gasteiger partial charge in [0, 0.05) is 18.4 Å². The van der Waals surface area contributed by atoms with Crippen molar-refractivity contribution in [2.75, 3.05) is 0 Å². The van der Waals surface area contributed by atoms with E-state index in [0.717, 1.165) is 25.7 Å². The molecule has 0 heterocycles. The van der Waals surface area contributed by atoms with Gasteiger partial charge in [-0.1, -0.05) is 19.8 Å². The van der Waals surface area contributed by atoms with Crippen molar-refractivity contribution in [2.24, 2.45) is 11.7 Å². The fourth-order valence-corrected chi connectivity index (χ4v) is 1.99. The molecule has 0 aromatic rings. The average molecular weight is 169 g/mol. The molecule has 0 aromatic heterocycles. The summed E-state index contributed by atoms with van der Waals surface area (Å²) < 4.78 is 0. The molecule has 1 aliphatic rings. The first kappa shape index (κ1) is 9.72. The molecule has 1 fully saturated rings. The van der Waals surface area contributed by atoms with Gasteiger partial charge in [-0.2, -0.15) is 0 Å². The number of carbonyl (C=O) groups is 1. The first-order valence-corrected chi connectivity index (χ1v) is 5.04. The Balaban J connectivity index is 2.42. The number of Topliss-reactive ketones (excluding diaryl/α,β-unsaturated/α-hetero) is 1. The summed E-state index contributed by atoms with van der Waals surface area (Å²) in [5.74, 6) is 0.573. The van der Waals surface area contributed by atoms with Gasteiger partial charge in [0.2, 0.25) is 0 Å². The van der Waals surface area contributed by atoms with Gasteiger partial charge < -0.3 is 5.73 Å². The van der Waals surface area contributed by atoms with Crippen LogP contribution in [0.3, 0.4) is 0 Å². The third-order valence-electron chi connectivity index (χ3n) is 2.73. The maximum Gasteiger partial charge on any atom is 0.137 e. The van der Waals surface area contributed by atoms with E-state index in [4.69, 9.17) is 5.73 Å². The molecule has 0 saturated heterocycles. The largest absolute Gasteiger partial charge is 0.327 e. The molecule has 1 rings (SSSR count). The maximum atomic E-state index is 11.5. The van der Waals surface area contributed by atoms with Gasteiger partial charge in [-0.25, -0.2) is 0 Å². The molecule has 0 bridgehead atoms. The number of nitrogens with two attached hydrogens (primary N) is 1. The van der Waals surface area contributed by atoms with Gasteiger partial charge in [-0.3, -0.25) is 4.79 Å². The molecule has 1 saturated carbocycles. The van der Waals surface area contributed by atoms with Crippen LogP contribution in [-0.4, -0.2) is 11.8 Å². The molecule has 0 amide bonds. The van der Waals surface area contributed by atoms with Crippen LogP contribution in [0.2, 0.25) is 0 Å². The summed E-state index contributed by atoms with van der Waals surface area (Å²) in [7, 11) is 0. The summed E-state index contributed by atoms with van der Waals surface area (Å²) >= 11 is 0. The number of ketones is 1. The van der Waals surface area contributed by atoms with Gasteiger partial charge >= 0.3 is 0 Å². The highest BCUT2D eigenvalue weighted by Crippen LogP contribution is 2.24. The second-order valence-electron chi connectivity index (χ2n) is 3.77. The van der Waals surface area contributed by atoms with Gasteiger partial charge in [-0.15, -0.1) is 0 Å². The molecule has 0 aromatic carbocycles. The Morgan fingerprint density at radius 2 is 2.08 bits per heavy atom. The zero-order chi connectivity index (χ0) is 8.97. The lowest BCUT2D eigenvalue weighted by molar-refractivity contribution is -0.124. The second kappa shape index (κ2) is 4.61. The van der Waals surface area contributed by atoms with E-state index in [1.807, 2.05) is 6.92 Å². The third-order valence-corrected chi connectivity index (χ3v) is 2.73. The maximum absolute atomic E-state index is 11.5. The molecule has 0 spiro atoms. The van der Waals surface area contributed by atoms with E-state index in [1.165, 1.54) is 12.8 Å². The predicted octanol–water partition coefficient (Wildman–Crippen LogP) is 1.87. The van der Waals surface area contributed by atoms with Crippen molar-refractivity contribution in [3.8, 4) is 0 Å². The highest BCUT2D eigenvalue weighted by molar-refractivity contribution is 5.81. The first-order valence-electron chi connectivity index (χ1n) is 5.04. The van der Waals surface area contributed by atoms with Crippen molar-refractivity contribution in [1.29, 1.82) is 0 Å². The van der Waals surface area contributed by atoms with Gasteiger partial charge in [0.25, 0.3) is 0 Å². The number of hydrogen-bond donors (Lipinski definition) is 1. The van der Waals surface area contributed by atoms with E-state index in [0.29, 0.717) is 5.78 Å². The molecule has 0 aliphatic heterocycles. The molecular weight excluding hydrogens is 150 g/mol. The van der Waals surface area contributed by atoms with Gasteiger partial charge in [-0.05, 0) is 19.3 Å². The smallest absolute Gasteiger partial charge is 0.137 e. The topological polar surface area (TPSA) is 43.1 Å². The molecule has 1 aliphatic carbocycles. The van der Waals surface area contributed by atoms with Crippen LogP contribution in [0, 0.1) is 5.92 Å². The summed E-state index contributed by atoms with van der Waals surface area (Å²) in [5, 5.41) is 0. The molecular formula is C10H19NO. The van der Waals surface area contributed by atoms with Crippen molar-refractivity contribution in [2.45, 2.75) is 51.5 Å². The minimum Gasteiger partial charge on any atom is -0.327 e. The van der Waals surface area contributed by atoms with Crippen molar-refractivity contribution >= 4 is 5.78 Å². The fraction of sp³-hybridized carbons (Fsp3) is 0.900. The van der Waals surface area contributed by atoms with Crippen LogP contribution < -0.4 is 5.73 Å². The van der Waals surface area contributed by atoms with E-state index in [1.54, 1.807) is 0 Å². The minimum atomic E-state index is 0.151. The lowest BCUT2D eigenvalue weighted by Gasteiger charge is -2.27. The lowest BCUT2D eigenvalue weighted by Crippen LogP contribution is -2.37. The van der Waals surface area contributed by atoms with E-state index in [9.17, 15) is 4.79 Å². The highest BCUT2D eigenvalue weighted by atomic mass is 16.1. The first-order chi connectivity index (χ1) is 5.75. The Morgan fingerprint density at radius 1 is 1.42 bits per heavy atom. The molecule has 70 valence electrons. The summed E-state index contributed by atoms with van der Waals surface area (Å²) in [4.78, 5) is 11.5. The highest BCUT2D eigenvalue weighted by Gasteiger charge is 2.26. The van der Waals surface area contributed by atoms with Gasteiger partial charge in [0.05, 0.1) is 0 Å². The van der Waals surface area contributed by atoms with Crippen LogP contribution in [-0.2, 0) is 4.79 Å². The van der Waals surface area contributed by atoms with E-state index < -0.39 is 0 Å². The Labute approximate surface area is 74.5 Å². The van der Waals surface area contributed by atoms with Crippen molar-refractivity contribution < 1.29 is 4.79 Å². The minimum absolute atomic E-state index is 0.151. The number of carbonyl (C=O) groups excluding carboxylic acids is 1. The van der Waals surface area contributed by atoms with Crippen molar-refractivity contribution in [3.05, 3.63) is 0 Å². The SMILES string of the molecule is CCCC(=O)C1CCCCC1N. The molecule has 2 nitrogen and oxygen atoms in total. The molecule has 2 N–H and O–H groups in total. The lowest BCUT2D eigenvalue weighted by atomic mass is 9.81. The summed E-state index contributed by atoms with van der Waals surface area (Å²) in [6.45, 7) is 2.05. The van der Waals surface area contributed by atoms with E-state index >= 15 is 0 Å². The predicted molar refractivity (Wildman–Crippen MR) is 49.8 cm³/mol. The van der Waals surface area contributed by atoms with Crippen LogP contribution >= 0.6 is 0 Å². The Hall–Kier alpha value is -0.370. The Morgan fingerprint density at radius 3 is 2.67 bits per heavy atom. The molecule has 12 heavy (non-hydrogen) atoms. The molecule has 2 atom stereocenters. The average Bonchev–Trinajstić information content (AvgIpc) is 2.05. The van der Waals surface area contributed by atoms with Crippen LogP contribution in [0.4, 0.5) is 0 Å². The van der Waals surface area contributed by atoms with Crippen LogP contribution in [0.25, 0.3) is 0 Å². The number of rotatable bonds is 3. The molecule has 0 radical (unpaired) electrons. The molecule has 2 unspecified atom stereocenters. The standard InChI is InChI=1S/C10H19NO/c1-2-5-10(12)8-6-3-4-7-9(8)11/h8-9H,2-7,11H2,1H3. The summed E-state index contributed by atoms with van der Waals surface area (Å²) in [6, 6.07) is 0.151. The third kappa shape index (κ3) is 2.31. The summed E-state index contributed by atoms with van der Waals surface area (Å²) in [6.07, 6.45) is 6.14.